The highest BCUT2D eigenvalue weighted by Crippen LogP contribution is 2.33. The van der Waals surface area contributed by atoms with Crippen molar-refractivity contribution in [1.29, 1.82) is 0 Å². The number of hydrogen-bond acceptors (Lipinski definition) is 7. The van der Waals surface area contributed by atoms with Crippen LogP contribution in [0, 0.1) is 5.82 Å². The van der Waals surface area contributed by atoms with Gasteiger partial charge < -0.3 is 24.8 Å². The number of pyridine rings is 1. The van der Waals surface area contributed by atoms with Crippen molar-refractivity contribution in [1.82, 2.24) is 4.98 Å². The molecular weight excluding hydrogens is 455 g/mol. The summed E-state index contributed by atoms with van der Waals surface area (Å²) in [6, 6.07) is 13.9. The zero-order valence-corrected chi connectivity index (χ0v) is 19.5. The first-order chi connectivity index (χ1) is 16.7. The van der Waals surface area contributed by atoms with E-state index in [2.05, 4.69) is 20.9 Å². The maximum absolute atomic E-state index is 14.2. The lowest BCUT2D eigenvalue weighted by molar-refractivity contribution is 0.0635. The Hall–Kier alpha value is -4.34. The van der Waals surface area contributed by atoms with Gasteiger partial charge in [-0.3, -0.25) is 10.1 Å². The molecule has 0 radical (unpaired) electrons. The molecule has 1 aliphatic rings. The highest BCUT2D eigenvalue weighted by Gasteiger charge is 2.19. The Bertz CT molecular complexity index is 1260. The summed E-state index contributed by atoms with van der Waals surface area (Å²) in [5.74, 6) is 0.209. The van der Waals surface area contributed by atoms with Crippen LogP contribution < -0.4 is 25.4 Å². The summed E-state index contributed by atoms with van der Waals surface area (Å²) in [6.07, 6.45) is -0.710. The number of aromatic nitrogens is 1. The topological polar surface area (TPSA) is 111 Å². The second-order valence-corrected chi connectivity index (χ2v) is 8.67. The highest BCUT2D eigenvalue weighted by molar-refractivity contribution is 6.04. The predicted octanol–water partition coefficient (Wildman–Crippen LogP) is 5.33. The first-order valence-corrected chi connectivity index (χ1v) is 10.9. The number of nitrogens with zero attached hydrogens (tertiary/aromatic N) is 1. The van der Waals surface area contributed by atoms with Crippen molar-refractivity contribution < 1.29 is 28.2 Å². The molecule has 9 nitrogen and oxygen atoms in total. The molecule has 0 fully saturated rings. The van der Waals surface area contributed by atoms with E-state index in [9.17, 15) is 14.0 Å². The summed E-state index contributed by atoms with van der Waals surface area (Å²) >= 11 is 0. The molecule has 1 aromatic heterocycles. The quantitative estimate of drug-likeness (QED) is 0.452. The average molecular weight is 480 g/mol. The first-order valence-electron chi connectivity index (χ1n) is 10.9. The average Bonchev–Trinajstić information content (AvgIpc) is 2.79. The van der Waals surface area contributed by atoms with E-state index < -0.39 is 23.4 Å². The van der Waals surface area contributed by atoms with Crippen LogP contribution in [-0.4, -0.2) is 35.8 Å². The van der Waals surface area contributed by atoms with E-state index in [1.54, 1.807) is 51.1 Å². The van der Waals surface area contributed by atoms with Gasteiger partial charge in [-0.05, 0) is 51.1 Å². The van der Waals surface area contributed by atoms with E-state index >= 15 is 0 Å². The van der Waals surface area contributed by atoms with Crippen LogP contribution in [0.25, 0.3) is 0 Å². The van der Waals surface area contributed by atoms with Crippen molar-refractivity contribution >= 4 is 34.9 Å². The highest BCUT2D eigenvalue weighted by atomic mass is 19.1. The van der Waals surface area contributed by atoms with Gasteiger partial charge in [0, 0.05) is 17.8 Å². The van der Waals surface area contributed by atoms with Crippen LogP contribution in [-0.2, 0) is 4.74 Å². The number of benzene rings is 2. The number of ether oxygens (including phenoxy) is 3. The number of carbonyl (C=O) groups excluding carboxylic acids is 2. The Morgan fingerprint density at radius 3 is 2.43 bits per heavy atom. The standard InChI is InChI=1S/C25H25FN4O5/c1-25(2,3)35-24(32)28-16-12-19(30-22(14-16)29-18-7-5-4-6-17(18)26)23(31)27-15-8-9-20-21(13-15)34-11-10-33-20/h4-9,12-14H,10-11H2,1-3H3,(H,27,31)(H2,28,29,30,32). The molecule has 2 heterocycles. The minimum Gasteiger partial charge on any atom is -0.486 e. The van der Waals surface area contributed by atoms with Crippen molar-refractivity contribution in [3.8, 4) is 11.5 Å². The molecule has 1 aliphatic heterocycles. The molecular formula is C25H25FN4O5. The SMILES string of the molecule is CC(C)(C)OC(=O)Nc1cc(Nc2ccccc2F)nc(C(=O)Nc2ccc3c(c2)OCCO3)c1. The summed E-state index contributed by atoms with van der Waals surface area (Å²) in [7, 11) is 0. The zero-order chi connectivity index (χ0) is 25.0. The van der Waals surface area contributed by atoms with Crippen LogP contribution in [0.1, 0.15) is 31.3 Å². The molecule has 35 heavy (non-hydrogen) atoms. The fourth-order valence-corrected chi connectivity index (χ4v) is 3.22. The van der Waals surface area contributed by atoms with Crippen LogP contribution in [0.15, 0.2) is 54.6 Å². The van der Waals surface area contributed by atoms with E-state index in [1.807, 2.05) is 0 Å². The summed E-state index contributed by atoms with van der Waals surface area (Å²) in [4.78, 5) is 29.6. The first kappa shape index (κ1) is 23.8. The number of hydrogen-bond donors (Lipinski definition) is 3. The molecule has 0 aliphatic carbocycles. The van der Waals surface area contributed by atoms with Gasteiger partial charge in [0.2, 0.25) is 0 Å². The van der Waals surface area contributed by atoms with Crippen molar-refractivity contribution in [2.75, 3.05) is 29.2 Å². The number of amides is 2. The van der Waals surface area contributed by atoms with Gasteiger partial charge >= 0.3 is 6.09 Å². The summed E-state index contributed by atoms with van der Waals surface area (Å²) in [6.45, 7) is 6.07. The number of carbonyl (C=O) groups is 2. The normalized spacial score (nSPS) is 12.5. The second-order valence-electron chi connectivity index (χ2n) is 8.67. The van der Waals surface area contributed by atoms with Crippen LogP contribution in [0.5, 0.6) is 11.5 Å². The van der Waals surface area contributed by atoms with Crippen molar-refractivity contribution in [2.24, 2.45) is 0 Å². The molecule has 3 aromatic rings. The molecule has 0 saturated carbocycles. The largest absolute Gasteiger partial charge is 0.486 e. The summed E-state index contributed by atoms with van der Waals surface area (Å²) in [5, 5.41) is 8.17. The van der Waals surface area contributed by atoms with E-state index in [1.165, 1.54) is 24.3 Å². The van der Waals surface area contributed by atoms with E-state index in [4.69, 9.17) is 14.2 Å². The lowest BCUT2D eigenvalue weighted by Gasteiger charge is -2.20. The molecule has 0 atom stereocenters. The molecule has 4 rings (SSSR count). The Labute approximate surface area is 201 Å². The third-order valence-corrected chi connectivity index (χ3v) is 4.64. The summed E-state index contributed by atoms with van der Waals surface area (Å²) in [5.41, 5.74) is 0.125. The monoisotopic (exact) mass is 480 g/mol. The van der Waals surface area contributed by atoms with Crippen molar-refractivity contribution in [3.63, 3.8) is 0 Å². The van der Waals surface area contributed by atoms with Gasteiger partial charge in [-0.2, -0.15) is 0 Å². The molecule has 3 N–H and O–H groups in total. The molecule has 0 bridgehead atoms. The minimum absolute atomic E-state index is 0.0210. The van der Waals surface area contributed by atoms with Gasteiger partial charge in [0.15, 0.2) is 11.5 Å². The van der Waals surface area contributed by atoms with Gasteiger partial charge in [-0.15, -0.1) is 0 Å². The van der Waals surface area contributed by atoms with Gasteiger partial charge in [-0.1, -0.05) is 12.1 Å². The number of fused-ring (bicyclic) bond motifs is 1. The van der Waals surface area contributed by atoms with E-state index in [-0.39, 0.29) is 22.9 Å². The Morgan fingerprint density at radius 2 is 1.69 bits per heavy atom. The van der Waals surface area contributed by atoms with Gasteiger partial charge in [0.1, 0.15) is 36.1 Å². The lowest BCUT2D eigenvalue weighted by Crippen LogP contribution is -2.27. The van der Waals surface area contributed by atoms with Crippen LogP contribution in [0.4, 0.5) is 32.1 Å². The summed E-state index contributed by atoms with van der Waals surface area (Å²) < 4.78 is 30.5. The van der Waals surface area contributed by atoms with Crippen LogP contribution >= 0.6 is 0 Å². The maximum Gasteiger partial charge on any atom is 0.412 e. The molecule has 2 aromatic carbocycles. The number of nitrogens with one attached hydrogen (secondary N) is 3. The van der Waals surface area contributed by atoms with Crippen LogP contribution in [0.3, 0.4) is 0 Å². The van der Waals surface area contributed by atoms with E-state index in [0.29, 0.717) is 30.4 Å². The molecule has 0 unspecified atom stereocenters. The van der Waals surface area contributed by atoms with E-state index in [0.717, 1.165) is 0 Å². The Morgan fingerprint density at radius 1 is 0.943 bits per heavy atom. The Kier molecular flexibility index (Phi) is 6.72. The molecule has 0 saturated heterocycles. The second kappa shape index (κ2) is 9.88. The van der Waals surface area contributed by atoms with Gasteiger partial charge in [0.25, 0.3) is 5.91 Å². The fraction of sp³-hybridized carbons (Fsp3) is 0.240. The molecule has 182 valence electrons. The van der Waals surface area contributed by atoms with Crippen molar-refractivity contribution in [3.05, 3.63) is 66.1 Å². The van der Waals surface area contributed by atoms with Gasteiger partial charge in [0.05, 0.1) is 11.4 Å². The smallest absolute Gasteiger partial charge is 0.412 e. The third-order valence-electron chi connectivity index (χ3n) is 4.64. The van der Waals surface area contributed by atoms with Crippen molar-refractivity contribution in [2.45, 2.75) is 26.4 Å². The maximum atomic E-state index is 14.2. The fourth-order valence-electron chi connectivity index (χ4n) is 3.22. The third kappa shape index (κ3) is 6.38. The number of halogens is 1. The zero-order valence-electron chi connectivity index (χ0n) is 19.5. The molecule has 2 amide bonds. The van der Waals surface area contributed by atoms with Gasteiger partial charge in [-0.25, -0.2) is 14.2 Å². The molecule has 10 heteroatoms. The van der Waals surface area contributed by atoms with Crippen LogP contribution in [0.2, 0.25) is 0 Å². The number of rotatable bonds is 5. The number of anilines is 4. The lowest BCUT2D eigenvalue weighted by atomic mass is 10.2. The predicted molar refractivity (Wildman–Crippen MR) is 129 cm³/mol. The number of para-hydroxylation sites is 1. The molecule has 0 spiro atoms. The minimum atomic E-state index is -0.718. The Balaban J connectivity index is 1.60.